The topological polar surface area (TPSA) is 86.7 Å². The maximum Gasteiger partial charge on any atom is 0.410 e. The molecule has 0 aromatic rings. The molecule has 2 aliphatic heterocycles. The first-order valence-electron chi connectivity index (χ1n) is 10.4. The number of ether oxygens (including phenoxy) is 2. The summed E-state index contributed by atoms with van der Waals surface area (Å²) in [5.74, 6) is 0.787. The molecule has 0 saturated carbocycles. The SMILES string of the molecule is CN=C(NCCN1CCN(C(=O)OC(C)(C)C)CC1)N1CC(C)C(C(=O)OC)C1. The Morgan fingerprint density at radius 3 is 2.31 bits per heavy atom. The Morgan fingerprint density at radius 1 is 1.10 bits per heavy atom. The van der Waals surface area contributed by atoms with Crippen molar-refractivity contribution in [2.75, 3.05) is 66.5 Å². The van der Waals surface area contributed by atoms with Gasteiger partial charge in [-0.3, -0.25) is 14.7 Å². The summed E-state index contributed by atoms with van der Waals surface area (Å²) in [6.07, 6.45) is -0.237. The number of aliphatic imine (C=N–C) groups is 1. The van der Waals surface area contributed by atoms with Gasteiger partial charge in [-0.2, -0.15) is 0 Å². The van der Waals surface area contributed by atoms with Gasteiger partial charge in [0.15, 0.2) is 5.96 Å². The number of nitrogens with zero attached hydrogens (tertiary/aromatic N) is 4. The van der Waals surface area contributed by atoms with Gasteiger partial charge in [0, 0.05) is 59.4 Å². The van der Waals surface area contributed by atoms with E-state index in [1.165, 1.54) is 7.11 Å². The highest BCUT2D eigenvalue weighted by molar-refractivity contribution is 5.82. The van der Waals surface area contributed by atoms with Crippen molar-refractivity contribution in [3.05, 3.63) is 0 Å². The number of rotatable bonds is 4. The third kappa shape index (κ3) is 6.76. The van der Waals surface area contributed by atoms with Crippen LogP contribution in [0.4, 0.5) is 4.79 Å². The van der Waals surface area contributed by atoms with Crippen molar-refractivity contribution in [3.8, 4) is 0 Å². The van der Waals surface area contributed by atoms with Crippen molar-refractivity contribution >= 4 is 18.0 Å². The van der Waals surface area contributed by atoms with Crippen molar-refractivity contribution in [1.82, 2.24) is 20.0 Å². The minimum atomic E-state index is -0.464. The number of carbonyl (C=O) groups excluding carboxylic acids is 2. The fourth-order valence-corrected chi connectivity index (χ4v) is 3.74. The van der Waals surface area contributed by atoms with Crippen molar-refractivity contribution in [2.24, 2.45) is 16.8 Å². The number of esters is 1. The Balaban J connectivity index is 1.72. The smallest absolute Gasteiger partial charge is 0.410 e. The van der Waals surface area contributed by atoms with Crippen molar-refractivity contribution < 1.29 is 19.1 Å². The minimum absolute atomic E-state index is 0.112. The summed E-state index contributed by atoms with van der Waals surface area (Å²) in [5, 5.41) is 3.40. The van der Waals surface area contributed by atoms with Crippen molar-refractivity contribution in [3.63, 3.8) is 0 Å². The summed E-state index contributed by atoms with van der Waals surface area (Å²) in [4.78, 5) is 34.6. The normalized spacial score (nSPS) is 23.9. The summed E-state index contributed by atoms with van der Waals surface area (Å²) in [5.41, 5.74) is -0.464. The highest BCUT2D eigenvalue weighted by Crippen LogP contribution is 2.24. The van der Waals surface area contributed by atoms with E-state index in [2.05, 4.69) is 27.0 Å². The monoisotopic (exact) mass is 411 g/mol. The maximum atomic E-state index is 12.2. The standard InChI is InChI=1S/C20H37N5O4/c1-15-13-25(14-16(15)17(26)28-6)18(21-5)22-7-8-23-9-11-24(12-10-23)19(27)29-20(2,3)4/h15-16H,7-14H2,1-6H3,(H,21,22). The van der Waals surface area contributed by atoms with E-state index in [4.69, 9.17) is 9.47 Å². The highest BCUT2D eigenvalue weighted by atomic mass is 16.6. The molecule has 166 valence electrons. The van der Waals surface area contributed by atoms with Crippen LogP contribution in [-0.2, 0) is 14.3 Å². The summed E-state index contributed by atoms with van der Waals surface area (Å²) >= 11 is 0. The van der Waals surface area contributed by atoms with E-state index in [0.29, 0.717) is 19.6 Å². The zero-order valence-electron chi connectivity index (χ0n) is 18.7. The van der Waals surface area contributed by atoms with Crippen LogP contribution in [0.1, 0.15) is 27.7 Å². The van der Waals surface area contributed by atoms with Gasteiger partial charge in [0.05, 0.1) is 13.0 Å². The largest absolute Gasteiger partial charge is 0.469 e. The molecule has 0 radical (unpaired) electrons. The van der Waals surface area contributed by atoms with Gasteiger partial charge in [-0.05, 0) is 26.7 Å². The number of hydrogen-bond acceptors (Lipinski definition) is 6. The molecule has 0 aromatic heterocycles. The number of nitrogens with one attached hydrogen (secondary N) is 1. The molecular weight excluding hydrogens is 374 g/mol. The number of amides is 1. The predicted molar refractivity (Wildman–Crippen MR) is 112 cm³/mol. The number of guanidine groups is 1. The fraction of sp³-hybridized carbons (Fsp3) is 0.850. The number of methoxy groups -OCH3 is 1. The highest BCUT2D eigenvalue weighted by Gasteiger charge is 2.36. The van der Waals surface area contributed by atoms with Crippen LogP contribution in [0.3, 0.4) is 0 Å². The van der Waals surface area contributed by atoms with E-state index in [-0.39, 0.29) is 23.9 Å². The first-order valence-corrected chi connectivity index (χ1v) is 10.4. The van der Waals surface area contributed by atoms with Crippen LogP contribution in [0, 0.1) is 11.8 Å². The molecule has 2 saturated heterocycles. The van der Waals surface area contributed by atoms with Gasteiger partial charge < -0.3 is 24.6 Å². The third-order valence-electron chi connectivity index (χ3n) is 5.36. The molecule has 2 rings (SSSR count). The molecule has 0 aromatic carbocycles. The molecule has 1 N–H and O–H groups in total. The number of piperazine rings is 1. The van der Waals surface area contributed by atoms with Gasteiger partial charge in [-0.25, -0.2) is 4.79 Å². The molecule has 2 heterocycles. The van der Waals surface area contributed by atoms with Crippen LogP contribution in [0.15, 0.2) is 4.99 Å². The maximum absolute atomic E-state index is 12.2. The average Bonchev–Trinajstić information content (AvgIpc) is 3.05. The lowest BCUT2D eigenvalue weighted by Crippen LogP contribution is -2.52. The molecule has 2 aliphatic rings. The molecule has 2 fully saturated rings. The van der Waals surface area contributed by atoms with E-state index >= 15 is 0 Å². The van der Waals surface area contributed by atoms with Crippen LogP contribution in [0.5, 0.6) is 0 Å². The molecule has 9 heteroatoms. The molecule has 9 nitrogen and oxygen atoms in total. The minimum Gasteiger partial charge on any atom is -0.469 e. The van der Waals surface area contributed by atoms with Gasteiger partial charge in [-0.1, -0.05) is 6.92 Å². The summed E-state index contributed by atoms with van der Waals surface area (Å²) in [7, 11) is 3.20. The fourth-order valence-electron chi connectivity index (χ4n) is 3.74. The van der Waals surface area contributed by atoms with Crippen molar-refractivity contribution in [2.45, 2.75) is 33.3 Å². The van der Waals surface area contributed by atoms with Crippen LogP contribution in [-0.4, -0.2) is 105 Å². The Labute approximate surface area is 174 Å². The lowest BCUT2D eigenvalue weighted by molar-refractivity contribution is -0.145. The van der Waals surface area contributed by atoms with E-state index < -0.39 is 5.60 Å². The molecule has 0 aliphatic carbocycles. The van der Waals surface area contributed by atoms with Crippen LogP contribution in [0.25, 0.3) is 0 Å². The third-order valence-corrected chi connectivity index (χ3v) is 5.36. The summed E-state index contributed by atoms with van der Waals surface area (Å²) in [6.45, 7) is 13.8. The Hall–Kier alpha value is -2.03. The number of likely N-dealkylation sites (tertiary alicyclic amines) is 1. The Kier molecular flexibility index (Phi) is 8.13. The summed E-state index contributed by atoms with van der Waals surface area (Å²) in [6, 6.07) is 0. The van der Waals surface area contributed by atoms with Crippen LogP contribution >= 0.6 is 0 Å². The first kappa shape index (κ1) is 23.3. The lowest BCUT2D eigenvalue weighted by atomic mass is 9.99. The Bertz CT molecular complexity index is 596. The van der Waals surface area contributed by atoms with Gasteiger partial charge in [0.2, 0.25) is 0 Å². The lowest BCUT2D eigenvalue weighted by Gasteiger charge is -2.35. The van der Waals surface area contributed by atoms with E-state index in [9.17, 15) is 9.59 Å². The second-order valence-corrected chi connectivity index (χ2v) is 8.79. The average molecular weight is 412 g/mol. The molecule has 1 amide bonds. The zero-order valence-corrected chi connectivity index (χ0v) is 18.7. The number of carbonyl (C=O) groups is 2. The molecule has 2 atom stereocenters. The van der Waals surface area contributed by atoms with Crippen LogP contribution < -0.4 is 5.32 Å². The van der Waals surface area contributed by atoms with E-state index in [1.807, 2.05) is 20.8 Å². The van der Waals surface area contributed by atoms with Gasteiger partial charge in [0.25, 0.3) is 0 Å². The predicted octanol–water partition coefficient (Wildman–Crippen LogP) is 0.855. The van der Waals surface area contributed by atoms with E-state index in [1.54, 1.807) is 11.9 Å². The quantitative estimate of drug-likeness (QED) is 0.417. The second-order valence-electron chi connectivity index (χ2n) is 8.79. The molecule has 2 unspecified atom stereocenters. The first-order chi connectivity index (χ1) is 13.6. The molecule has 0 bridgehead atoms. The van der Waals surface area contributed by atoms with E-state index in [0.717, 1.165) is 38.7 Å². The van der Waals surface area contributed by atoms with Crippen molar-refractivity contribution in [1.29, 1.82) is 0 Å². The zero-order chi connectivity index (χ0) is 21.6. The molecule has 29 heavy (non-hydrogen) atoms. The molecular formula is C20H37N5O4. The Morgan fingerprint density at radius 2 is 1.76 bits per heavy atom. The molecule has 0 spiro atoms. The number of hydrogen-bond donors (Lipinski definition) is 1. The van der Waals surface area contributed by atoms with Crippen LogP contribution in [0.2, 0.25) is 0 Å². The second kappa shape index (κ2) is 10.1. The van der Waals surface area contributed by atoms with Gasteiger partial charge in [0.1, 0.15) is 5.60 Å². The van der Waals surface area contributed by atoms with Gasteiger partial charge in [-0.15, -0.1) is 0 Å². The summed E-state index contributed by atoms with van der Waals surface area (Å²) < 4.78 is 10.4. The van der Waals surface area contributed by atoms with Gasteiger partial charge >= 0.3 is 12.1 Å².